The zero-order chi connectivity index (χ0) is 6.53. The summed E-state index contributed by atoms with van der Waals surface area (Å²) in [6.45, 7) is 1.90. The van der Waals surface area contributed by atoms with Crippen LogP contribution in [-0.2, 0) is 0 Å². The Morgan fingerprint density at radius 1 is 1.67 bits per heavy atom. The summed E-state index contributed by atoms with van der Waals surface area (Å²) in [6, 6.07) is 0. The van der Waals surface area contributed by atoms with E-state index in [2.05, 4.69) is 24.0 Å². The van der Waals surface area contributed by atoms with Crippen LogP contribution in [0.15, 0.2) is 6.08 Å². The van der Waals surface area contributed by atoms with Gasteiger partial charge < -0.3 is 0 Å². The Balaban J connectivity index is 2.41. The maximum Gasteiger partial charge on any atom is 0.0240 e. The van der Waals surface area contributed by atoms with Crippen LogP contribution in [0.1, 0.15) is 26.2 Å². The van der Waals surface area contributed by atoms with Crippen molar-refractivity contribution < 1.29 is 0 Å². The van der Waals surface area contributed by atoms with E-state index in [1.165, 1.54) is 6.42 Å². The van der Waals surface area contributed by atoms with Crippen LogP contribution in [0.5, 0.6) is 0 Å². The van der Waals surface area contributed by atoms with Gasteiger partial charge in [-0.1, -0.05) is 12.0 Å². The van der Waals surface area contributed by atoms with E-state index < -0.39 is 0 Å². The zero-order valence-electron chi connectivity index (χ0n) is 5.78. The van der Waals surface area contributed by atoms with Crippen molar-refractivity contribution in [2.24, 2.45) is 5.92 Å². The molecule has 0 heterocycles. The molecule has 1 aliphatic rings. The van der Waals surface area contributed by atoms with Gasteiger partial charge in [-0.2, -0.15) is 0 Å². The Kier molecular flexibility index (Phi) is 2.39. The third-order valence-corrected chi connectivity index (χ3v) is 1.53. The van der Waals surface area contributed by atoms with Gasteiger partial charge in [0.25, 0.3) is 0 Å². The van der Waals surface area contributed by atoms with Gasteiger partial charge in [0.15, 0.2) is 0 Å². The molecule has 0 nitrogen and oxygen atoms in total. The molecule has 0 bridgehead atoms. The fourth-order valence-electron chi connectivity index (χ4n) is 1.04. The molecule has 0 spiro atoms. The molecule has 0 aromatic carbocycles. The first-order valence-corrected chi connectivity index (χ1v) is 3.41. The van der Waals surface area contributed by atoms with E-state index in [0.29, 0.717) is 5.92 Å². The number of rotatable bonds is 0. The minimum absolute atomic E-state index is 0.622. The van der Waals surface area contributed by atoms with Crippen molar-refractivity contribution in [2.45, 2.75) is 26.2 Å². The summed E-state index contributed by atoms with van der Waals surface area (Å²) in [5.41, 5.74) is 0. The smallest absolute Gasteiger partial charge is 0.0240 e. The molecular formula is C9H11. The molecule has 0 aliphatic heterocycles. The second kappa shape index (κ2) is 3.35. The molecule has 47 valence electrons. The van der Waals surface area contributed by atoms with E-state index in [1.807, 2.05) is 6.92 Å². The lowest BCUT2D eigenvalue weighted by Crippen LogP contribution is -1.98. The first-order valence-electron chi connectivity index (χ1n) is 3.41. The molecule has 0 heteroatoms. The largest absolute Gasteiger partial charge is 0.106 e. The summed E-state index contributed by atoms with van der Waals surface area (Å²) in [6.07, 6.45) is 8.70. The Morgan fingerprint density at radius 3 is 3.11 bits per heavy atom. The molecular weight excluding hydrogens is 108 g/mol. The van der Waals surface area contributed by atoms with E-state index in [9.17, 15) is 0 Å². The van der Waals surface area contributed by atoms with Crippen LogP contribution < -0.4 is 0 Å². The molecule has 0 saturated heterocycles. The topological polar surface area (TPSA) is 0 Å². The molecule has 0 aromatic rings. The van der Waals surface area contributed by atoms with Crippen molar-refractivity contribution in [1.29, 1.82) is 0 Å². The molecule has 1 atom stereocenters. The van der Waals surface area contributed by atoms with Gasteiger partial charge >= 0.3 is 0 Å². The zero-order valence-corrected chi connectivity index (χ0v) is 5.78. The van der Waals surface area contributed by atoms with E-state index in [0.717, 1.165) is 12.8 Å². The molecule has 9 heavy (non-hydrogen) atoms. The van der Waals surface area contributed by atoms with Crippen molar-refractivity contribution in [2.75, 3.05) is 0 Å². The van der Waals surface area contributed by atoms with Crippen molar-refractivity contribution in [1.82, 2.24) is 0 Å². The summed E-state index contributed by atoms with van der Waals surface area (Å²) in [5.74, 6) is 6.72. The molecule has 1 unspecified atom stereocenters. The fraction of sp³-hybridized carbons (Fsp3) is 0.556. The molecule has 1 rings (SSSR count). The van der Waals surface area contributed by atoms with Gasteiger partial charge in [-0.25, -0.2) is 0 Å². The van der Waals surface area contributed by atoms with Gasteiger partial charge in [-0.15, -0.1) is 5.92 Å². The molecule has 0 N–H and O–H groups in total. The SMILES string of the molecule is CC#CC1CC=[C]CC1. The second-order valence-corrected chi connectivity index (χ2v) is 2.27. The number of hydrogen-bond donors (Lipinski definition) is 0. The Morgan fingerprint density at radius 2 is 2.56 bits per heavy atom. The average Bonchev–Trinajstić information content (AvgIpc) is 1.91. The monoisotopic (exact) mass is 119 g/mol. The van der Waals surface area contributed by atoms with Gasteiger partial charge in [-0.3, -0.25) is 0 Å². The van der Waals surface area contributed by atoms with Crippen LogP contribution in [0.3, 0.4) is 0 Å². The van der Waals surface area contributed by atoms with Crippen molar-refractivity contribution >= 4 is 0 Å². The summed E-state index contributed by atoms with van der Waals surface area (Å²) in [7, 11) is 0. The standard InChI is InChI=1S/C9H11/c1-2-6-9-7-4-3-5-8-9/h4,9H,5,7-8H2,1H3. The minimum atomic E-state index is 0.622. The van der Waals surface area contributed by atoms with E-state index in [4.69, 9.17) is 0 Å². The Hall–Kier alpha value is -0.700. The summed E-state index contributed by atoms with van der Waals surface area (Å²) < 4.78 is 0. The quantitative estimate of drug-likeness (QED) is 0.429. The number of allylic oxidation sites excluding steroid dienone is 2. The molecule has 0 amide bonds. The van der Waals surface area contributed by atoms with Crippen molar-refractivity contribution in [3.63, 3.8) is 0 Å². The van der Waals surface area contributed by atoms with E-state index in [1.54, 1.807) is 0 Å². The molecule has 1 aliphatic carbocycles. The first-order chi connectivity index (χ1) is 4.43. The summed E-state index contributed by atoms with van der Waals surface area (Å²) in [5, 5.41) is 0. The van der Waals surface area contributed by atoms with Crippen LogP contribution in [0, 0.1) is 23.8 Å². The maximum absolute atomic E-state index is 3.18. The van der Waals surface area contributed by atoms with Crippen LogP contribution >= 0.6 is 0 Å². The van der Waals surface area contributed by atoms with Gasteiger partial charge in [0, 0.05) is 5.92 Å². The van der Waals surface area contributed by atoms with E-state index >= 15 is 0 Å². The molecule has 0 saturated carbocycles. The fourth-order valence-corrected chi connectivity index (χ4v) is 1.04. The third-order valence-electron chi connectivity index (χ3n) is 1.53. The van der Waals surface area contributed by atoms with E-state index in [-0.39, 0.29) is 0 Å². The highest BCUT2D eigenvalue weighted by molar-refractivity contribution is 5.05. The lowest BCUT2D eigenvalue weighted by atomic mass is 9.95. The van der Waals surface area contributed by atoms with Gasteiger partial charge in [-0.05, 0) is 32.3 Å². The molecule has 1 radical (unpaired) electrons. The Bertz CT molecular complexity index is 155. The van der Waals surface area contributed by atoms with Crippen LogP contribution in [0.2, 0.25) is 0 Å². The highest BCUT2D eigenvalue weighted by Gasteiger charge is 2.04. The highest BCUT2D eigenvalue weighted by Crippen LogP contribution is 2.15. The lowest BCUT2D eigenvalue weighted by molar-refractivity contribution is 0.594. The minimum Gasteiger partial charge on any atom is -0.106 e. The van der Waals surface area contributed by atoms with Gasteiger partial charge in [0.1, 0.15) is 0 Å². The predicted molar refractivity (Wildman–Crippen MR) is 38.6 cm³/mol. The maximum atomic E-state index is 3.18. The average molecular weight is 119 g/mol. The molecule has 0 aromatic heterocycles. The predicted octanol–water partition coefficient (Wildman–Crippen LogP) is 2.17. The normalized spacial score (nSPS) is 24.8. The third kappa shape index (κ3) is 1.93. The van der Waals surface area contributed by atoms with Gasteiger partial charge in [0.2, 0.25) is 0 Å². The van der Waals surface area contributed by atoms with Crippen LogP contribution in [0.25, 0.3) is 0 Å². The lowest BCUT2D eigenvalue weighted by Gasteiger charge is -2.09. The van der Waals surface area contributed by atoms with Crippen LogP contribution in [0.4, 0.5) is 0 Å². The van der Waals surface area contributed by atoms with Gasteiger partial charge in [0.05, 0.1) is 0 Å². The van der Waals surface area contributed by atoms with Crippen molar-refractivity contribution in [3.8, 4) is 11.8 Å². The second-order valence-electron chi connectivity index (χ2n) is 2.27. The molecule has 0 fully saturated rings. The number of hydrogen-bond acceptors (Lipinski definition) is 0. The highest BCUT2D eigenvalue weighted by atomic mass is 14.1. The van der Waals surface area contributed by atoms with Crippen molar-refractivity contribution in [3.05, 3.63) is 12.2 Å². The summed E-state index contributed by atoms with van der Waals surface area (Å²) in [4.78, 5) is 0. The first kappa shape index (κ1) is 6.42. The van der Waals surface area contributed by atoms with Crippen LogP contribution in [-0.4, -0.2) is 0 Å². The Labute approximate surface area is 57.0 Å². The summed E-state index contributed by atoms with van der Waals surface area (Å²) >= 11 is 0.